The van der Waals surface area contributed by atoms with Crippen LogP contribution in [0.25, 0.3) is 0 Å². The van der Waals surface area contributed by atoms with Gasteiger partial charge in [-0.25, -0.2) is 0 Å². The van der Waals surface area contributed by atoms with Gasteiger partial charge in [0.05, 0.1) is 19.3 Å². The maximum atomic E-state index is 13.2. The number of likely N-dealkylation sites (N-methyl/N-ethyl adjacent to an activating group) is 1. The van der Waals surface area contributed by atoms with Crippen molar-refractivity contribution in [2.24, 2.45) is 29.6 Å². The van der Waals surface area contributed by atoms with Crippen LogP contribution >= 0.6 is 0 Å². The summed E-state index contributed by atoms with van der Waals surface area (Å²) in [5, 5.41) is 5.65. The summed E-state index contributed by atoms with van der Waals surface area (Å²) < 4.78 is 5.43. The van der Waals surface area contributed by atoms with Gasteiger partial charge in [0.25, 0.3) is 0 Å². The molecule has 2 N–H and O–H groups in total. The number of unbranched alkanes of at least 4 members (excludes halogenated alkanes) is 3. The molecule has 0 heterocycles. The van der Waals surface area contributed by atoms with Crippen molar-refractivity contribution < 1.29 is 23.9 Å². The Balaban J connectivity index is 4.18. The molecule has 0 aliphatic carbocycles. The van der Waals surface area contributed by atoms with Gasteiger partial charge >= 0.3 is 0 Å². The molecular formula is C30H57N3O5. The Hall–Kier alpha value is -1.80. The maximum absolute atomic E-state index is 13.2. The van der Waals surface area contributed by atoms with E-state index >= 15 is 0 Å². The molecule has 8 nitrogen and oxygen atoms in total. The van der Waals surface area contributed by atoms with Crippen molar-refractivity contribution in [3.8, 4) is 0 Å². The Morgan fingerprint density at radius 3 is 1.84 bits per heavy atom. The number of hydrogen-bond acceptors (Lipinski definition) is 6. The SMILES string of the molecule is CC(C)C(=O)NCCOCCNC(=O)CCCCCCN(C)[C@H](C(=O)C[C@H](C(=O)C(C)C)C(C)C)C(C)C. The summed E-state index contributed by atoms with van der Waals surface area (Å²) >= 11 is 0. The molecule has 0 saturated heterocycles. The molecule has 2 amide bonds. The van der Waals surface area contributed by atoms with Gasteiger partial charge < -0.3 is 15.4 Å². The highest BCUT2D eigenvalue weighted by molar-refractivity contribution is 5.91. The fourth-order valence-electron chi connectivity index (χ4n) is 4.60. The van der Waals surface area contributed by atoms with Crippen molar-refractivity contribution in [2.45, 2.75) is 100.0 Å². The van der Waals surface area contributed by atoms with E-state index in [2.05, 4.69) is 29.4 Å². The topological polar surface area (TPSA) is 105 Å². The fraction of sp³-hybridized carbons (Fsp3) is 0.867. The molecular weight excluding hydrogens is 482 g/mol. The molecule has 0 aromatic rings. The largest absolute Gasteiger partial charge is 0.378 e. The number of amides is 2. The second kappa shape index (κ2) is 20.2. The van der Waals surface area contributed by atoms with Gasteiger partial charge in [-0.05, 0) is 38.3 Å². The van der Waals surface area contributed by atoms with Crippen molar-refractivity contribution in [3.05, 3.63) is 0 Å². The molecule has 0 aromatic heterocycles. The lowest BCUT2D eigenvalue weighted by Gasteiger charge is -2.32. The van der Waals surface area contributed by atoms with E-state index in [0.29, 0.717) is 39.1 Å². The van der Waals surface area contributed by atoms with Gasteiger partial charge in [-0.2, -0.15) is 0 Å². The number of rotatable bonds is 22. The van der Waals surface area contributed by atoms with Gasteiger partial charge in [-0.15, -0.1) is 0 Å². The van der Waals surface area contributed by atoms with Crippen molar-refractivity contribution >= 4 is 23.4 Å². The van der Waals surface area contributed by atoms with Crippen molar-refractivity contribution in [2.75, 3.05) is 39.9 Å². The van der Waals surface area contributed by atoms with Crippen LogP contribution in [0.3, 0.4) is 0 Å². The summed E-state index contributed by atoms with van der Waals surface area (Å²) in [4.78, 5) is 51.5. The first-order valence-corrected chi connectivity index (χ1v) is 14.7. The van der Waals surface area contributed by atoms with Crippen LogP contribution in [0.2, 0.25) is 0 Å². The number of ether oxygens (including phenoxy) is 1. The monoisotopic (exact) mass is 539 g/mol. The third-order valence-corrected chi connectivity index (χ3v) is 6.90. The zero-order valence-corrected chi connectivity index (χ0v) is 25.7. The highest BCUT2D eigenvalue weighted by atomic mass is 16.5. The van der Waals surface area contributed by atoms with Gasteiger partial charge in [-0.1, -0.05) is 68.2 Å². The molecule has 0 radical (unpaired) electrons. The molecule has 0 bridgehead atoms. The summed E-state index contributed by atoms with van der Waals surface area (Å²) in [7, 11) is 2.00. The minimum atomic E-state index is -0.216. The molecule has 8 heteroatoms. The van der Waals surface area contributed by atoms with Crippen molar-refractivity contribution in [1.29, 1.82) is 0 Å². The maximum Gasteiger partial charge on any atom is 0.222 e. The van der Waals surface area contributed by atoms with Gasteiger partial charge in [-0.3, -0.25) is 24.1 Å². The zero-order valence-electron chi connectivity index (χ0n) is 25.7. The van der Waals surface area contributed by atoms with Crippen LogP contribution < -0.4 is 10.6 Å². The summed E-state index contributed by atoms with van der Waals surface area (Å²) in [6.07, 6.45) is 4.57. The third-order valence-electron chi connectivity index (χ3n) is 6.90. The second-order valence-electron chi connectivity index (χ2n) is 11.8. The summed E-state index contributed by atoms with van der Waals surface area (Å²) in [6.45, 7) is 18.3. The number of nitrogens with zero attached hydrogens (tertiary/aromatic N) is 1. The molecule has 222 valence electrons. The van der Waals surface area contributed by atoms with Crippen LogP contribution in [0, 0.1) is 29.6 Å². The molecule has 0 fully saturated rings. The Bertz CT molecular complexity index is 706. The Labute approximate surface area is 232 Å². The average molecular weight is 540 g/mol. The average Bonchev–Trinajstić information content (AvgIpc) is 2.82. The van der Waals surface area contributed by atoms with E-state index < -0.39 is 0 Å². The molecule has 38 heavy (non-hydrogen) atoms. The number of carbonyl (C=O) groups excluding carboxylic acids is 4. The van der Waals surface area contributed by atoms with E-state index in [0.717, 1.165) is 32.2 Å². The summed E-state index contributed by atoms with van der Waals surface area (Å²) in [5.41, 5.74) is 0. The smallest absolute Gasteiger partial charge is 0.222 e. The molecule has 2 atom stereocenters. The standard InChI is InChI=1S/C30H57N3O5/c1-21(2)25(29(36)23(5)6)20-26(34)28(22(3)4)33(9)17-13-11-10-12-14-27(35)31-15-18-38-19-16-32-30(37)24(7)8/h21-25,28H,10-20H2,1-9H3,(H,31,35)(H,32,37)/t25-,28-/m0/s1. The van der Waals surface area contributed by atoms with Crippen LogP contribution in [0.15, 0.2) is 0 Å². The Kier molecular flexibility index (Phi) is 19.2. The lowest BCUT2D eigenvalue weighted by molar-refractivity contribution is -0.134. The lowest BCUT2D eigenvalue weighted by Crippen LogP contribution is -2.44. The third kappa shape index (κ3) is 15.6. The zero-order chi connectivity index (χ0) is 29.3. The first kappa shape index (κ1) is 36.2. The van der Waals surface area contributed by atoms with E-state index in [-0.39, 0.29) is 59.0 Å². The fourth-order valence-corrected chi connectivity index (χ4v) is 4.60. The number of carbonyl (C=O) groups is 4. The van der Waals surface area contributed by atoms with E-state index in [1.807, 2.05) is 48.6 Å². The van der Waals surface area contributed by atoms with Crippen LogP contribution in [0.5, 0.6) is 0 Å². The van der Waals surface area contributed by atoms with Crippen LogP contribution in [0.4, 0.5) is 0 Å². The summed E-state index contributed by atoms with van der Waals surface area (Å²) in [6, 6.07) is -0.185. The van der Waals surface area contributed by atoms with Crippen LogP contribution in [-0.4, -0.2) is 74.2 Å². The number of Topliss-reactive ketones (excluding diaryl/α,β-unsaturated/α-hetero) is 2. The number of hydrogen-bond donors (Lipinski definition) is 2. The second-order valence-corrected chi connectivity index (χ2v) is 11.8. The van der Waals surface area contributed by atoms with E-state index in [1.54, 1.807) is 0 Å². The van der Waals surface area contributed by atoms with Gasteiger partial charge in [0.15, 0.2) is 5.78 Å². The van der Waals surface area contributed by atoms with Gasteiger partial charge in [0, 0.05) is 43.7 Å². The first-order chi connectivity index (χ1) is 17.8. The van der Waals surface area contributed by atoms with Crippen molar-refractivity contribution in [1.82, 2.24) is 15.5 Å². The molecule has 0 aliphatic heterocycles. The first-order valence-electron chi connectivity index (χ1n) is 14.7. The molecule has 0 spiro atoms. The van der Waals surface area contributed by atoms with Crippen LogP contribution in [0.1, 0.15) is 93.9 Å². The molecule has 0 aliphatic rings. The van der Waals surface area contributed by atoms with E-state index in [9.17, 15) is 19.2 Å². The minimum Gasteiger partial charge on any atom is -0.378 e. The Morgan fingerprint density at radius 1 is 0.737 bits per heavy atom. The highest BCUT2D eigenvalue weighted by Gasteiger charge is 2.32. The summed E-state index contributed by atoms with van der Waals surface area (Å²) in [5.74, 6) is 0.408. The lowest BCUT2D eigenvalue weighted by atomic mass is 9.80. The normalized spacial score (nSPS) is 13.4. The molecule has 0 unspecified atom stereocenters. The minimum absolute atomic E-state index is 0.0105. The Morgan fingerprint density at radius 2 is 1.32 bits per heavy atom. The molecule has 0 aromatic carbocycles. The van der Waals surface area contributed by atoms with Crippen LogP contribution in [-0.2, 0) is 23.9 Å². The van der Waals surface area contributed by atoms with E-state index in [4.69, 9.17) is 4.74 Å². The quantitative estimate of drug-likeness (QED) is 0.199. The predicted molar refractivity (Wildman–Crippen MR) is 154 cm³/mol. The van der Waals surface area contributed by atoms with Crippen molar-refractivity contribution in [3.63, 3.8) is 0 Å². The number of nitrogens with one attached hydrogen (secondary N) is 2. The van der Waals surface area contributed by atoms with E-state index in [1.165, 1.54) is 0 Å². The van der Waals surface area contributed by atoms with Gasteiger partial charge in [0.2, 0.25) is 11.8 Å². The predicted octanol–water partition coefficient (Wildman–Crippen LogP) is 4.25. The highest BCUT2D eigenvalue weighted by Crippen LogP contribution is 2.24. The molecule has 0 rings (SSSR count). The molecule has 0 saturated carbocycles. The van der Waals surface area contributed by atoms with Gasteiger partial charge in [0.1, 0.15) is 5.78 Å². The number of ketones is 2.